The quantitative estimate of drug-likeness (QED) is 0.413. The van der Waals surface area contributed by atoms with Crippen molar-refractivity contribution in [1.82, 2.24) is 0 Å². The summed E-state index contributed by atoms with van der Waals surface area (Å²) >= 11 is 0. The average Bonchev–Trinajstić information content (AvgIpc) is 3.00. The molecule has 1 heterocycles. The van der Waals surface area contributed by atoms with Gasteiger partial charge in [0.05, 0.1) is 11.5 Å². The molecule has 8 heteroatoms. The van der Waals surface area contributed by atoms with Crippen molar-refractivity contribution >= 4 is 34.2 Å². The number of furan rings is 1. The van der Waals surface area contributed by atoms with Crippen LogP contribution in [0.2, 0.25) is 0 Å². The second kappa shape index (κ2) is 7.28. The van der Waals surface area contributed by atoms with Crippen LogP contribution in [0.3, 0.4) is 0 Å². The lowest BCUT2D eigenvalue weighted by Crippen LogP contribution is -2.15. The first-order valence-corrected chi connectivity index (χ1v) is 8.17. The number of para-hydroxylation sites is 1. The second-order valence-corrected chi connectivity index (χ2v) is 5.74. The van der Waals surface area contributed by atoms with Gasteiger partial charge in [-0.25, -0.2) is 4.79 Å². The minimum absolute atomic E-state index is 0.0902. The van der Waals surface area contributed by atoms with Crippen LogP contribution in [-0.4, -0.2) is 23.4 Å². The fourth-order valence-corrected chi connectivity index (χ4v) is 2.64. The van der Waals surface area contributed by atoms with Crippen LogP contribution >= 0.6 is 0 Å². The van der Waals surface area contributed by atoms with Gasteiger partial charge in [0.25, 0.3) is 11.6 Å². The summed E-state index contributed by atoms with van der Waals surface area (Å²) in [7, 11) is 0. The Morgan fingerprint density at radius 3 is 2.67 bits per heavy atom. The molecule has 0 aliphatic carbocycles. The van der Waals surface area contributed by atoms with E-state index in [4.69, 9.17) is 9.15 Å². The van der Waals surface area contributed by atoms with Gasteiger partial charge in [-0.15, -0.1) is 0 Å². The summed E-state index contributed by atoms with van der Waals surface area (Å²) in [5.74, 6) is -1.44. The standard InChI is InChI=1S/C19H16N2O6/c1-3-26-19(23)17-16(13-6-4-5-7-15(13)27-17)20-18(22)12-9-8-11(2)14(10-12)21(24)25/h4-10H,3H2,1-2H3,(H,20,22). The zero-order valence-corrected chi connectivity index (χ0v) is 14.6. The molecule has 0 aliphatic heterocycles. The summed E-state index contributed by atoms with van der Waals surface area (Å²) in [5, 5.41) is 14.2. The van der Waals surface area contributed by atoms with Crippen molar-refractivity contribution in [2.24, 2.45) is 0 Å². The van der Waals surface area contributed by atoms with E-state index in [9.17, 15) is 19.7 Å². The van der Waals surface area contributed by atoms with Crippen molar-refractivity contribution in [2.45, 2.75) is 13.8 Å². The first kappa shape index (κ1) is 18.1. The SMILES string of the molecule is CCOC(=O)c1oc2ccccc2c1NC(=O)c1ccc(C)c([N+](=O)[O-])c1. The first-order valence-electron chi connectivity index (χ1n) is 8.17. The van der Waals surface area contributed by atoms with Gasteiger partial charge in [-0.05, 0) is 32.0 Å². The number of hydrogen-bond acceptors (Lipinski definition) is 6. The van der Waals surface area contributed by atoms with E-state index in [1.807, 2.05) is 0 Å². The molecule has 3 rings (SSSR count). The summed E-state index contributed by atoms with van der Waals surface area (Å²) in [6.45, 7) is 3.39. The number of amides is 1. The number of ether oxygens (including phenoxy) is 1. The van der Waals surface area contributed by atoms with Crippen molar-refractivity contribution in [3.8, 4) is 0 Å². The Morgan fingerprint density at radius 2 is 1.96 bits per heavy atom. The highest BCUT2D eigenvalue weighted by Crippen LogP contribution is 2.32. The Morgan fingerprint density at radius 1 is 1.22 bits per heavy atom. The van der Waals surface area contributed by atoms with Crippen molar-refractivity contribution in [3.63, 3.8) is 0 Å². The molecule has 0 radical (unpaired) electrons. The van der Waals surface area contributed by atoms with E-state index in [2.05, 4.69) is 5.32 Å². The third-order valence-electron chi connectivity index (χ3n) is 3.96. The number of nitro benzene ring substituents is 1. The molecule has 1 aromatic heterocycles. The molecule has 0 atom stereocenters. The van der Waals surface area contributed by atoms with Crippen molar-refractivity contribution in [3.05, 3.63) is 69.5 Å². The third-order valence-corrected chi connectivity index (χ3v) is 3.96. The van der Waals surface area contributed by atoms with Crippen LogP contribution < -0.4 is 5.32 Å². The maximum Gasteiger partial charge on any atom is 0.376 e. The van der Waals surface area contributed by atoms with Gasteiger partial charge in [0.1, 0.15) is 11.3 Å². The molecular formula is C19H16N2O6. The van der Waals surface area contributed by atoms with Crippen LogP contribution in [0.4, 0.5) is 11.4 Å². The largest absolute Gasteiger partial charge is 0.460 e. The fraction of sp³-hybridized carbons (Fsp3) is 0.158. The molecule has 0 spiro atoms. The molecule has 0 bridgehead atoms. The van der Waals surface area contributed by atoms with Crippen LogP contribution in [0.15, 0.2) is 46.9 Å². The van der Waals surface area contributed by atoms with Crippen molar-refractivity contribution < 1.29 is 23.7 Å². The number of nitrogens with one attached hydrogen (secondary N) is 1. The maximum absolute atomic E-state index is 12.6. The molecule has 138 valence electrons. The zero-order valence-electron chi connectivity index (χ0n) is 14.6. The number of nitrogens with zero attached hydrogens (tertiary/aromatic N) is 1. The van der Waals surface area contributed by atoms with Crippen LogP contribution in [0.5, 0.6) is 0 Å². The minimum atomic E-state index is -0.709. The van der Waals surface area contributed by atoms with Gasteiger partial charge in [-0.3, -0.25) is 14.9 Å². The second-order valence-electron chi connectivity index (χ2n) is 5.74. The van der Waals surface area contributed by atoms with Gasteiger partial charge in [0.15, 0.2) is 0 Å². The smallest absolute Gasteiger partial charge is 0.376 e. The highest BCUT2D eigenvalue weighted by molar-refractivity contribution is 6.13. The van der Waals surface area contributed by atoms with Crippen LogP contribution in [0, 0.1) is 17.0 Å². The average molecular weight is 368 g/mol. The molecule has 0 saturated heterocycles. The van der Waals surface area contributed by atoms with E-state index in [-0.39, 0.29) is 29.3 Å². The van der Waals surface area contributed by atoms with Gasteiger partial charge in [-0.1, -0.05) is 18.2 Å². The number of fused-ring (bicyclic) bond motifs is 1. The number of aryl methyl sites for hydroxylation is 1. The number of carbonyl (C=O) groups excluding carboxylic acids is 2. The molecule has 0 unspecified atom stereocenters. The van der Waals surface area contributed by atoms with Gasteiger partial charge in [-0.2, -0.15) is 0 Å². The summed E-state index contributed by atoms with van der Waals surface area (Å²) < 4.78 is 10.5. The maximum atomic E-state index is 12.6. The predicted octanol–water partition coefficient (Wildman–Crippen LogP) is 4.08. The highest BCUT2D eigenvalue weighted by Gasteiger charge is 2.24. The van der Waals surface area contributed by atoms with E-state index in [0.29, 0.717) is 16.5 Å². The summed E-state index contributed by atoms with van der Waals surface area (Å²) in [6, 6.07) is 11.0. The Balaban J connectivity index is 2.02. The molecule has 27 heavy (non-hydrogen) atoms. The number of hydrogen-bond donors (Lipinski definition) is 1. The molecule has 0 fully saturated rings. The fourth-order valence-electron chi connectivity index (χ4n) is 2.64. The third kappa shape index (κ3) is 3.50. The van der Waals surface area contributed by atoms with Crippen molar-refractivity contribution in [1.29, 1.82) is 0 Å². The predicted molar refractivity (Wildman–Crippen MR) is 98.0 cm³/mol. The number of esters is 1. The molecule has 2 aromatic carbocycles. The number of anilines is 1. The van der Waals surface area contributed by atoms with E-state index in [1.54, 1.807) is 38.1 Å². The van der Waals surface area contributed by atoms with Gasteiger partial charge >= 0.3 is 5.97 Å². The molecule has 8 nitrogen and oxygen atoms in total. The number of rotatable bonds is 5. The molecule has 3 aromatic rings. The van der Waals surface area contributed by atoms with Gasteiger partial charge in [0, 0.05) is 22.6 Å². The van der Waals surface area contributed by atoms with Crippen LogP contribution in [0.1, 0.15) is 33.4 Å². The number of carbonyl (C=O) groups is 2. The zero-order chi connectivity index (χ0) is 19.6. The Bertz CT molecular complexity index is 1050. The normalized spacial score (nSPS) is 10.6. The lowest BCUT2D eigenvalue weighted by molar-refractivity contribution is -0.385. The van der Waals surface area contributed by atoms with E-state index in [0.717, 1.165) is 0 Å². The van der Waals surface area contributed by atoms with Crippen LogP contribution in [-0.2, 0) is 4.74 Å². The van der Waals surface area contributed by atoms with E-state index in [1.165, 1.54) is 18.2 Å². The minimum Gasteiger partial charge on any atom is -0.460 e. The lowest BCUT2D eigenvalue weighted by atomic mass is 10.1. The van der Waals surface area contributed by atoms with Crippen LogP contribution in [0.25, 0.3) is 11.0 Å². The summed E-state index contributed by atoms with van der Waals surface area (Å²) in [5.41, 5.74) is 0.943. The monoisotopic (exact) mass is 368 g/mol. The molecule has 1 N–H and O–H groups in total. The Kier molecular flexibility index (Phi) is 4.89. The lowest BCUT2D eigenvalue weighted by Gasteiger charge is -2.07. The highest BCUT2D eigenvalue weighted by atomic mass is 16.6. The van der Waals surface area contributed by atoms with E-state index >= 15 is 0 Å². The topological polar surface area (TPSA) is 112 Å². The number of nitro groups is 1. The van der Waals surface area contributed by atoms with Crippen molar-refractivity contribution in [2.75, 3.05) is 11.9 Å². The summed E-state index contributed by atoms with van der Waals surface area (Å²) in [6.07, 6.45) is 0. The number of benzene rings is 2. The molecule has 0 aliphatic rings. The van der Waals surface area contributed by atoms with E-state index < -0.39 is 16.8 Å². The van der Waals surface area contributed by atoms with Gasteiger partial charge in [0.2, 0.25) is 5.76 Å². The molecular weight excluding hydrogens is 352 g/mol. The first-order chi connectivity index (χ1) is 12.9. The molecule has 1 amide bonds. The Labute approximate surface area is 153 Å². The summed E-state index contributed by atoms with van der Waals surface area (Å²) in [4.78, 5) is 35.4. The van der Waals surface area contributed by atoms with Gasteiger partial charge < -0.3 is 14.5 Å². The Hall–Kier alpha value is -3.68. The molecule has 0 saturated carbocycles.